The SMILES string of the molecule is C[NH+](C)c1cccc2cccc(F)c12.Fc1c(F)c(F)c([B-](c2c(F)c(F)c(F)c(F)c2F)(c2c(F)c(F)c(F)c(F)c2F)c2c(F)c(F)c(F)c(F)c2F)c(F)c1F. The summed E-state index contributed by atoms with van der Waals surface area (Å²) in [5.74, 6) is -71.5. The van der Waals surface area contributed by atoms with Gasteiger partial charge >= 0.3 is 0 Å². The average Bonchev–Trinajstić information content (AvgIpc) is 3.20. The summed E-state index contributed by atoms with van der Waals surface area (Å²) in [7, 11) is 4.00. The lowest BCUT2D eigenvalue weighted by atomic mass is 9.12. The van der Waals surface area contributed by atoms with Crippen molar-refractivity contribution >= 4 is 44.5 Å². The van der Waals surface area contributed by atoms with Gasteiger partial charge in [-0.3, -0.25) is 0 Å². The number of nitrogens with one attached hydrogen (secondary N) is 1. The second-order valence-electron chi connectivity index (χ2n) is 12.4. The predicted molar refractivity (Wildman–Crippen MR) is 166 cm³/mol. The monoisotopic (exact) mass is 869 g/mol. The molecule has 1 N–H and O–H groups in total. The van der Waals surface area contributed by atoms with Gasteiger partial charge in [0, 0.05) is 0 Å². The van der Waals surface area contributed by atoms with Crippen molar-refractivity contribution < 1.29 is 97.1 Å². The largest absolute Gasteiger partial charge is 0.307 e. The van der Waals surface area contributed by atoms with Crippen LogP contribution < -0.4 is 26.8 Å². The Hall–Kier alpha value is -5.87. The minimum atomic E-state index is -7.22. The lowest BCUT2D eigenvalue weighted by Gasteiger charge is -2.44. The van der Waals surface area contributed by atoms with Gasteiger partial charge in [-0.1, -0.05) is 24.3 Å². The van der Waals surface area contributed by atoms with Crippen LogP contribution in [0.3, 0.4) is 0 Å². The quantitative estimate of drug-likeness (QED) is 0.0789. The number of hydrogen-bond donors (Lipinski definition) is 1. The van der Waals surface area contributed by atoms with Crippen molar-refractivity contribution in [3.8, 4) is 0 Å². The van der Waals surface area contributed by atoms with Crippen LogP contribution in [-0.2, 0) is 0 Å². The molecule has 0 radical (unpaired) electrons. The predicted octanol–water partition coefficient (Wildman–Crippen LogP) is 7.60. The molecule has 0 fully saturated rings. The van der Waals surface area contributed by atoms with Gasteiger partial charge < -0.3 is 4.90 Å². The first-order valence-corrected chi connectivity index (χ1v) is 15.6. The fourth-order valence-electron chi connectivity index (χ4n) is 6.59. The highest BCUT2D eigenvalue weighted by molar-refractivity contribution is 7.20. The fraction of sp³-hybridized carbons (Fsp3) is 0.0556. The number of quaternary nitrogens is 1. The topological polar surface area (TPSA) is 4.44 Å². The lowest BCUT2D eigenvalue weighted by Crippen LogP contribution is -3.00. The van der Waals surface area contributed by atoms with E-state index in [1.54, 1.807) is 6.07 Å². The molecule has 0 saturated heterocycles. The molecule has 23 heteroatoms. The van der Waals surface area contributed by atoms with E-state index < -0.39 is 144 Å². The molecule has 0 aliphatic heterocycles. The van der Waals surface area contributed by atoms with Crippen molar-refractivity contribution in [1.29, 1.82) is 0 Å². The highest BCUT2D eigenvalue weighted by Gasteiger charge is 2.52. The molecule has 0 aliphatic carbocycles. The van der Waals surface area contributed by atoms with Gasteiger partial charge in [-0.25, -0.2) is 92.2 Å². The van der Waals surface area contributed by atoms with Gasteiger partial charge in [0.2, 0.25) is 0 Å². The van der Waals surface area contributed by atoms with Crippen molar-refractivity contribution in [3.63, 3.8) is 0 Å². The highest BCUT2D eigenvalue weighted by atomic mass is 19.2. The fourth-order valence-corrected chi connectivity index (χ4v) is 6.59. The first-order chi connectivity index (χ1) is 27.4. The molecule has 0 unspecified atom stereocenters. The Bertz CT molecular complexity index is 2330. The summed E-state index contributed by atoms with van der Waals surface area (Å²) >= 11 is 0. The molecule has 0 saturated carbocycles. The van der Waals surface area contributed by atoms with Gasteiger partial charge in [-0.2, -0.15) is 0 Å². The highest BCUT2D eigenvalue weighted by Crippen LogP contribution is 2.31. The maximum Gasteiger partial charge on any atom is 0.200 e. The van der Waals surface area contributed by atoms with E-state index in [1.165, 1.54) is 6.07 Å². The van der Waals surface area contributed by atoms with E-state index in [9.17, 15) is 57.1 Å². The van der Waals surface area contributed by atoms with Crippen LogP contribution in [0.4, 0.5) is 97.9 Å². The Morgan fingerprint density at radius 3 is 0.763 bits per heavy atom. The Morgan fingerprint density at radius 1 is 0.305 bits per heavy atom. The number of halogens is 21. The Balaban J connectivity index is 0.000000395. The van der Waals surface area contributed by atoms with Crippen LogP contribution >= 0.6 is 0 Å². The van der Waals surface area contributed by atoms with Gasteiger partial charge in [-0.05, 0) is 17.5 Å². The Labute approximate surface area is 314 Å². The van der Waals surface area contributed by atoms with Crippen LogP contribution in [-0.4, -0.2) is 20.2 Å². The molecule has 1 nitrogen and oxygen atoms in total. The van der Waals surface area contributed by atoms with Gasteiger partial charge in [0.1, 0.15) is 64.2 Å². The van der Waals surface area contributed by atoms with Gasteiger partial charge in [0.05, 0.1) is 19.5 Å². The Morgan fingerprint density at radius 2 is 0.525 bits per heavy atom. The molecular weight excluding hydrogens is 856 g/mol. The maximum atomic E-state index is 15.4. The number of hydrogen-bond acceptors (Lipinski definition) is 0. The number of benzene rings is 6. The van der Waals surface area contributed by atoms with E-state index in [4.69, 9.17) is 0 Å². The standard InChI is InChI=1S/C24BF20.C12H12FN/c26-5-1(6(27)14(35)21(42)13(5)34)25(2-7(28)15(36)22(43)16(37)8(2)29,3-9(30)17(38)23(44)18(39)10(3)31)4-11(32)19(40)24(45)20(41)12(4)33;1-14(2)11-8-4-6-9-5-3-7-10(13)12(9)11/h;3-8H,1-2H3/q-1;/p+1. The molecule has 0 amide bonds. The van der Waals surface area contributed by atoms with Gasteiger partial charge in [0.25, 0.3) is 0 Å². The molecule has 0 heterocycles. The van der Waals surface area contributed by atoms with E-state index in [-0.39, 0.29) is 5.82 Å². The first-order valence-electron chi connectivity index (χ1n) is 15.6. The first kappa shape index (κ1) is 44.2. The van der Waals surface area contributed by atoms with E-state index in [0.717, 1.165) is 21.4 Å². The van der Waals surface area contributed by atoms with Crippen LogP contribution in [0.5, 0.6) is 0 Å². The van der Waals surface area contributed by atoms with E-state index in [2.05, 4.69) is 0 Å². The van der Waals surface area contributed by atoms with Crippen LogP contribution in [0, 0.1) is 122 Å². The van der Waals surface area contributed by atoms with Gasteiger partial charge in [0.15, 0.2) is 69.8 Å². The summed E-state index contributed by atoms with van der Waals surface area (Å²) in [5, 5.41) is 1.69. The third-order valence-electron chi connectivity index (χ3n) is 9.10. The third-order valence-corrected chi connectivity index (χ3v) is 9.10. The minimum Gasteiger partial charge on any atom is -0.307 e. The molecule has 59 heavy (non-hydrogen) atoms. The van der Waals surface area contributed by atoms with Crippen LogP contribution in [0.15, 0.2) is 36.4 Å². The molecule has 6 aromatic carbocycles. The maximum absolute atomic E-state index is 15.4. The van der Waals surface area contributed by atoms with Gasteiger partial charge in [-0.15, -0.1) is 21.9 Å². The van der Waals surface area contributed by atoms with E-state index >= 15 is 35.1 Å². The molecule has 0 spiro atoms. The van der Waals surface area contributed by atoms with E-state index in [0.29, 0.717) is 0 Å². The van der Waals surface area contributed by atoms with Crippen molar-refractivity contribution in [2.75, 3.05) is 14.1 Å². The molecule has 312 valence electrons. The molecule has 6 rings (SSSR count). The third kappa shape index (κ3) is 6.49. The summed E-state index contributed by atoms with van der Waals surface area (Å²) < 4.78 is 308. The molecule has 0 atom stereocenters. The second-order valence-corrected chi connectivity index (χ2v) is 12.4. The summed E-state index contributed by atoms with van der Waals surface area (Å²) in [6.45, 7) is 0. The average molecular weight is 869 g/mol. The minimum absolute atomic E-state index is 0.140. The van der Waals surface area contributed by atoms with Crippen LogP contribution in [0.2, 0.25) is 0 Å². The van der Waals surface area contributed by atoms with Crippen molar-refractivity contribution in [1.82, 2.24) is 0 Å². The molecule has 0 aromatic heterocycles. The lowest BCUT2D eigenvalue weighted by molar-refractivity contribution is -0.785. The summed E-state index contributed by atoms with van der Waals surface area (Å²) in [5.41, 5.74) is -13.3. The zero-order valence-electron chi connectivity index (χ0n) is 28.5. The van der Waals surface area contributed by atoms with Crippen molar-refractivity contribution in [2.45, 2.75) is 0 Å². The van der Waals surface area contributed by atoms with Crippen molar-refractivity contribution in [3.05, 3.63) is 159 Å². The van der Waals surface area contributed by atoms with E-state index in [1.807, 2.05) is 38.4 Å². The smallest absolute Gasteiger partial charge is 0.200 e. The van der Waals surface area contributed by atoms with Crippen molar-refractivity contribution in [2.24, 2.45) is 0 Å². The normalized spacial score (nSPS) is 11.8. The number of fused-ring (bicyclic) bond motifs is 1. The van der Waals surface area contributed by atoms with Crippen LogP contribution in [0.1, 0.15) is 0 Å². The molecule has 0 aliphatic rings. The Kier molecular flexibility index (Phi) is 11.8. The second kappa shape index (κ2) is 15.7. The molecular formula is C36H13BF21N. The summed E-state index contributed by atoms with van der Waals surface area (Å²) in [6.07, 6.45) is -7.22. The molecule has 6 aromatic rings. The zero-order valence-corrected chi connectivity index (χ0v) is 28.5. The number of rotatable bonds is 5. The zero-order chi connectivity index (χ0) is 44.5. The van der Waals surface area contributed by atoms with Crippen LogP contribution in [0.25, 0.3) is 10.8 Å². The summed E-state index contributed by atoms with van der Waals surface area (Å²) in [6, 6.07) is 11.0. The molecule has 0 bridgehead atoms. The summed E-state index contributed by atoms with van der Waals surface area (Å²) in [4.78, 5) is 1.14.